The van der Waals surface area contributed by atoms with Gasteiger partial charge in [-0.1, -0.05) is 29.8 Å². The molecular formula is C19H26Cl3N3O. The third-order valence-electron chi connectivity index (χ3n) is 5.28. The van der Waals surface area contributed by atoms with Crippen molar-refractivity contribution >= 4 is 47.3 Å². The summed E-state index contributed by atoms with van der Waals surface area (Å²) in [6.07, 6.45) is 2.19. The molecular weight excluding hydrogens is 393 g/mol. The van der Waals surface area contributed by atoms with Crippen LogP contribution in [0.15, 0.2) is 30.3 Å². The number of hydrogen-bond donors (Lipinski definition) is 1. The van der Waals surface area contributed by atoms with Gasteiger partial charge in [0.2, 0.25) is 0 Å². The summed E-state index contributed by atoms with van der Waals surface area (Å²) in [7, 11) is 0. The zero-order valence-electron chi connectivity index (χ0n) is 14.7. The van der Waals surface area contributed by atoms with E-state index >= 15 is 0 Å². The standard InChI is InChI=1S/C19H24ClN3O.2ClH/c20-19-16(13-15-3-1-2-4-17(15)22-19)18(14-5-11-24-12-6-14)23-9-7-21-8-10-23;;/h1-4,13-14,18,21H,5-12H2;2*1H/t18-;;/m1../s1. The lowest BCUT2D eigenvalue weighted by molar-refractivity contribution is 0.0213. The molecule has 0 amide bonds. The van der Waals surface area contributed by atoms with Crippen LogP contribution in [0.5, 0.6) is 0 Å². The average Bonchev–Trinajstić information content (AvgIpc) is 2.64. The summed E-state index contributed by atoms with van der Waals surface area (Å²) in [4.78, 5) is 7.27. The quantitative estimate of drug-likeness (QED) is 0.761. The monoisotopic (exact) mass is 417 g/mol. The Hall–Kier alpha value is -0.620. The van der Waals surface area contributed by atoms with Gasteiger partial charge in [0, 0.05) is 56.4 Å². The summed E-state index contributed by atoms with van der Waals surface area (Å²) in [5, 5.41) is 5.28. The SMILES string of the molecule is Cl.Cl.Clc1nc2ccccc2cc1[C@@H](C1CCOCC1)N1CCNCC1. The minimum Gasteiger partial charge on any atom is -0.381 e. The predicted octanol–water partition coefficient (Wildman–Crippen LogP) is 4.10. The Morgan fingerprint density at radius 1 is 1.12 bits per heavy atom. The van der Waals surface area contributed by atoms with E-state index in [1.54, 1.807) is 0 Å². The summed E-state index contributed by atoms with van der Waals surface area (Å²) < 4.78 is 5.59. The molecule has 2 aliphatic heterocycles. The molecule has 0 aliphatic carbocycles. The third-order valence-corrected chi connectivity index (χ3v) is 5.58. The van der Waals surface area contributed by atoms with Crippen molar-refractivity contribution in [1.82, 2.24) is 15.2 Å². The summed E-state index contributed by atoms with van der Waals surface area (Å²) in [6.45, 7) is 5.91. The summed E-state index contributed by atoms with van der Waals surface area (Å²) in [5.41, 5.74) is 2.15. The van der Waals surface area contributed by atoms with Crippen LogP contribution < -0.4 is 5.32 Å². The lowest BCUT2D eigenvalue weighted by atomic mass is 9.85. The number of fused-ring (bicyclic) bond motifs is 1. The van der Waals surface area contributed by atoms with E-state index in [1.165, 1.54) is 10.9 Å². The number of pyridine rings is 1. The highest BCUT2D eigenvalue weighted by Gasteiger charge is 2.33. The van der Waals surface area contributed by atoms with E-state index in [4.69, 9.17) is 16.3 Å². The number of halogens is 3. The molecule has 1 N–H and O–H groups in total. The van der Waals surface area contributed by atoms with E-state index < -0.39 is 0 Å². The molecule has 3 heterocycles. The highest BCUT2D eigenvalue weighted by molar-refractivity contribution is 6.30. The number of nitrogens with zero attached hydrogens (tertiary/aromatic N) is 2. The number of nitrogens with one attached hydrogen (secondary N) is 1. The van der Waals surface area contributed by atoms with Gasteiger partial charge in [-0.15, -0.1) is 24.8 Å². The fourth-order valence-corrected chi connectivity index (χ4v) is 4.31. The first-order valence-electron chi connectivity index (χ1n) is 8.90. The molecule has 2 aliphatic rings. The lowest BCUT2D eigenvalue weighted by Crippen LogP contribution is -2.47. The fraction of sp³-hybridized carbons (Fsp3) is 0.526. The van der Waals surface area contributed by atoms with Gasteiger partial charge in [-0.2, -0.15) is 0 Å². The lowest BCUT2D eigenvalue weighted by Gasteiger charge is -2.41. The van der Waals surface area contributed by atoms with Gasteiger partial charge in [-0.25, -0.2) is 4.98 Å². The van der Waals surface area contributed by atoms with E-state index in [2.05, 4.69) is 33.4 Å². The van der Waals surface area contributed by atoms with Gasteiger partial charge in [0.25, 0.3) is 0 Å². The van der Waals surface area contributed by atoms with Crippen molar-refractivity contribution in [2.75, 3.05) is 39.4 Å². The van der Waals surface area contributed by atoms with E-state index in [-0.39, 0.29) is 24.8 Å². The molecule has 1 atom stereocenters. The second-order valence-corrected chi connectivity index (χ2v) is 7.10. The second-order valence-electron chi connectivity index (χ2n) is 6.74. The second kappa shape index (κ2) is 10.1. The number of rotatable bonds is 3. The summed E-state index contributed by atoms with van der Waals surface area (Å²) >= 11 is 6.65. The van der Waals surface area contributed by atoms with Gasteiger partial charge in [0.05, 0.1) is 5.52 Å². The maximum absolute atomic E-state index is 6.65. The minimum absolute atomic E-state index is 0. The van der Waals surface area contributed by atoms with Crippen LogP contribution in [-0.4, -0.2) is 49.3 Å². The molecule has 0 saturated carbocycles. The normalized spacial score (nSPS) is 20.2. The Labute approximate surface area is 172 Å². The van der Waals surface area contributed by atoms with Crippen LogP contribution in [0.25, 0.3) is 10.9 Å². The molecule has 0 radical (unpaired) electrons. The first kappa shape index (κ1) is 21.7. The topological polar surface area (TPSA) is 37.4 Å². The summed E-state index contributed by atoms with van der Waals surface area (Å²) in [6, 6.07) is 10.8. The molecule has 2 saturated heterocycles. The average molecular weight is 419 g/mol. The fourth-order valence-electron chi connectivity index (χ4n) is 4.06. The van der Waals surface area contributed by atoms with Crippen LogP contribution in [0, 0.1) is 5.92 Å². The Kier molecular flexibility index (Phi) is 8.40. The Morgan fingerprint density at radius 3 is 2.54 bits per heavy atom. The molecule has 1 aromatic heterocycles. The number of aromatic nitrogens is 1. The van der Waals surface area contributed by atoms with Crippen LogP contribution in [0.4, 0.5) is 0 Å². The third kappa shape index (κ3) is 4.61. The summed E-state index contributed by atoms with van der Waals surface area (Å²) in [5.74, 6) is 0.581. The zero-order chi connectivity index (χ0) is 16.4. The van der Waals surface area contributed by atoms with Crippen molar-refractivity contribution in [1.29, 1.82) is 0 Å². The maximum atomic E-state index is 6.65. The smallest absolute Gasteiger partial charge is 0.134 e. The van der Waals surface area contributed by atoms with E-state index in [0.29, 0.717) is 17.1 Å². The molecule has 2 aromatic rings. The predicted molar refractivity (Wildman–Crippen MR) is 112 cm³/mol. The number of ether oxygens (including phenoxy) is 1. The van der Waals surface area contributed by atoms with Crippen LogP contribution >= 0.6 is 36.4 Å². The van der Waals surface area contributed by atoms with Crippen LogP contribution in [0.2, 0.25) is 5.15 Å². The van der Waals surface area contributed by atoms with Gasteiger partial charge in [-0.3, -0.25) is 4.90 Å². The first-order valence-corrected chi connectivity index (χ1v) is 9.28. The molecule has 7 heteroatoms. The maximum Gasteiger partial charge on any atom is 0.134 e. The van der Waals surface area contributed by atoms with Crippen molar-refractivity contribution < 1.29 is 4.74 Å². The highest BCUT2D eigenvalue weighted by atomic mass is 35.5. The molecule has 0 spiro atoms. The molecule has 0 unspecified atom stereocenters. The minimum atomic E-state index is 0. The zero-order valence-corrected chi connectivity index (χ0v) is 17.1. The van der Waals surface area contributed by atoms with Crippen molar-refractivity contribution in [2.24, 2.45) is 5.92 Å². The largest absolute Gasteiger partial charge is 0.381 e. The van der Waals surface area contributed by atoms with Gasteiger partial charge >= 0.3 is 0 Å². The highest BCUT2D eigenvalue weighted by Crippen LogP contribution is 2.39. The number of piperazine rings is 1. The van der Waals surface area contributed by atoms with Gasteiger partial charge in [0.1, 0.15) is 5.15 Å². The van der Waals surface area contributed by atoms with Crippen molar-refractivity contribution in [3.63, 3.8) is 0 Å². The Bertz CT molecular complexity index is 685. The molecule has 144 valence electrons. The van der Waals surface area contributed by atoms with Gasteiger partial charge in [0.15, 0.2) is 0 Å². The van der Waals surface area contributed by atoms with Crippen LogP contribution in [0.3, 0.4) is 0 Å². The molecule has 0 bridgehead atoms. The molecule has 4 nitrogen and oxygen atoms in total. The van der Waals surface area contributed by atoms with E-state index in [1.807, 2.05) is 12.1 Å². The van der Waals surface area contributed by atoms with Gasteiger partial charge in [-0.05, 0) is 30.9 Å². The molecule has 4 rings (SSSR count). The molecule has 26 heavy (non-hydrogen) atoms. The number of hydrogen-bond acceptors (Lipinski definition) is 4. The van der Waals surface area contributed by atoms with Crippen LogP contribution in [0.1, 0.15) is 24.4 Å². The van der Waals surface area contributed by atoms with Crippen LogP contribution in [-0.2, 0) is 4.74 Å². The van der Waals surface area contributed by atoms with E-state index in [9.17, 15) is 0 Å². The first-order chi connectivity index (χ1) is 11.8. The van der Waals surface area contributed by atoms with Crippen molar-refractivity contribution in [3.05, 3.63) is 41.0 Å². The Morgan fingerprint density at radius 2 is 1.81 bits per heavy atom. The van der Waals surface area contributed by atoms with Gasteiger partial charge < -0.3 is 10.1 Å². The van der Waals surface area contributed by atoms with E-state index in [0.717, 1.165) is 57.8 Å². The number of benzene rings is 1. The molecule has 1 aromatic carbocycles. The van der Waals surface area contributed by atoms with Crippen molar-refractivity contribution in [2.45, 2.75) is 18.9 Å². The molecule has 2 fully saturated rings. The Balaban J connectivity index is 0.00000121. The van der Waals surface area contributed by atoms with Crippen molar-refractivity contribution in [3.8, 4) is 0 Å². The number of para-hydroxylation sites is 1.